The molecule has 2 fully saturated rings. The Morgan fingerprint density at radius 1 is 1.10 bits per heavy atom. The molecule has 4 heterocycles. The van der Waals surface area contributed by atoms with E-state index in [-0.39, 0.29) is 11.7 Å². The molecule has 0 aliphatic carbocycles. The third-order valence-corrected chi connectivity index (χ3v) is 5.40. The first-order valence-corrected chi connectivity index (χ1v) is 9.60. The van der Waals surface area contributed by atoms with E-state index in [9.17, 15) is 9.18 Å². The molecule has 1 amide bonds. The van der Waals surface area contributed by atoms with Crippen LogP contribution in [-0.4, -0.2) is 47.9 Å². The zero-order valence-electron chi connectivity index (χ0n) is 15.7. The van der Waals surface area contributed by atoms with Crippen LogP contribution in [0.15, 0.2) is 47.1 Å². The summed E-state index contributed by atoms with van der Waals surface area (Å²) in [6.07, 6.45) is 2.83. The van der Waals surface area contributed by atoms with Gasteiger partial charge in [0.15, 0.2) is 5.79 Å². The first-order chi connectivity index (χ1) is 14.1. The first kappa shape index (κ1) is 18.1. The Bertz CT molecular complexity index is 1030. The molecule has 0 atom stereocenters. The lowest BCUT2D eigenvalue weighted by Gasteiger charge is -2.37. The lowest BCUT2D eigenvalue weighted by Crippen LogP contribution is -2.47. The maximum Gasteiger partial charge on any atom is 0.272 e. The van der Waals surface area contributed by atoms with E-state index < -0.39 is 5.79 Å². The second-order valence-electron chi connectivity index (χ2n) is 7.22. The van der Waals surface area contributed by atoms with E-state index in [0.29, 0.717) is 61.9 Å². The Hall–Kier alpha value is -2.97. The number of anilines is 2. The maximum atomic E-state index is 13.2. The zero-order valence-corrected chi connectivity index (χ0v) is 15.7. The van der Waals surface area contributed by atoms with Crippen molar-refractivity contribution >= 4 is 28.4 Å². The minimum Gasteiger partial charge on any atom is -0.464 e. The van der Waals surface area contributed by atoms with Gasteiger partial charge in [0.05, 0.1) is 24.9 Å². The van der Waals surface area contributed by atoms with Crippen molar-refractivity contribution in [3.63, 3.8) is 0 Å². The van der Waals surface area contributed by atoms with Crippen LogP contribution in [-0.2, 0) is 9.47 Å². The van der Waals surface area contributed by atoms with Gasteiger partial charge in [-0.05, 0) is 30.3 Å². The number of carbonyl (C=O) groups excluding carboxylic acids is 1. The molecule has 1 aromatic carbocycles. The van der Waals surface area contributed by atoms with Gasteiger partial charge in [-0.2, -0.15) is 0 Å². The predicted octanol–water partition coefficient (Wildman–Crippen LogP) is 3.69. The number of rotatable bonds is 3. The van der Waals surface area contributed by atoms with Crippen LogP contribution in [0.1, 0.15) is 23.3 Å². The van der Waals surface area contributed by atoms with E-state index in [1.165, 1.54) is 12.1 Å². The number of carbonyl (C=O) groups is 1. The Balaban J connectivity index is 1.40. The van der Waals surface area contributed by atoms with Crippen LogP contribution in [0.3, 0.4) is 0 Å². The highest BCUT2D eigenvalue weighted by Crippen LogP contribution is 2.32. The van der Waals surface area contributed by atoms with E-state index in [4.69, 9.17) is 13.9 Å². The average molecular weight is 397 g/mol. The molecule has 0 bridgehead atoms. The standard InChI is InChI=1S/C21H20FN3O4/c22-14-1-3-15(4-2-14)23-19-16-5-10-27-18(16)13-17(24-19)20(26)25-8-6-21(7-9-25)28-11-12-29-21/h1-5,10,13H,6-9,11-12H2,(H,23,24). The molecule has 0 unspecified atom stereocenters. The number of nitrogens with one attached hydrogen (secondary N) is 1. The minimum absolute atomic E-state index is 0.168. The van der Waals surface area contributed by atoms with E-state index >= 15 is 0 Å². The summed E-state index contributed by atoms with van der Waals surface area (Å²) in [7, 11) is 0. The average Bonchev–Trinajstić information content (AvgIpc) is 3.40. The summed E-state index contributed by atoms with van der Waals surface area (Å²) >= 11 is 0. The molecule has 29 heavy (non-hydrogen) atoms. The number of hydrogen-bond acceptors (Lipinski definition) is 6. The first-order valence-electron chi connectivity index (χ1n) is 9.60. The molecular formula is C21H20FN3O4. The summed E-state index contributed by atoms with van der Waals surface area (Å²) in [6, 6.07) is 9.38. The summed E-state index contributed by atoms with van der Waals surface area (Å²) in [6.45, 7) is 2.28. The number of amides is 1. The molecule has 0 saturated carbocycles. The highest BCUT2D eigenvalue weighted by molar-refractivity contribution is 5.99. The van der Waals surface area contributed by atoms with Crippen molar-refractivity contribution in [3.05, 3.63) is 54.2 Å². The maximum absolute atomic E-state index is 13.2. The van der Waals surface area contributed by atoms with Crippen molar-refractivity contribution < 1.29 is 23.1 Å². The number of pyridine rings is 1. The van der Waals surface area contributed by atoms with Crippen LogP contribution in [0.4, 0.5) is 15.9 Å². The molecule has 5 rings (SSSR count). The van der Waals surface area contributed by atoms with Crippen molar-refractivity contribution in [2.24, 2.45) is 0 Å². The molecule has 8 heteroatoms. The fourth-order valence-electron chi connectivity index (χ4n) is 3.84. The zero-order chi connectivity index (χ0) is 19.8. The molecule has 7 nitrogen and oxygen atoms in total. The number of benzene rings is 1. The highest BCUT2D eigenvalue weighted by atomic mass is 19.1. The second-order valence-corrected chi connectivity index (χ2v) is 7.22. The molecule has 2 aliphatic rings. The number of piperidine rings is 1. The van der Waals surface area contributed by atoms with Gasteiger partial charge in [0.2, 0.25) is 0 Å². The van der Waals surface area contributed by atoms with E-state index in [1.807, 2.05) is 0 Å². The topological polar surface area (TPSA) is 76.8 Å². The molecule has 2 aliphatic heterocycles. The third kappa shape index (κ3) is 3.45. The Kier molecular flexibility index (Phi) is 4.44. The van der Waals surface area contributed by atoms with E-state index in [1.54, 1.807) is 35.4 Å². The largest absolute Gasteiger partial charge is 0.464 e. The Morgan fingerprint density at radius 2 is 1.83 bits per heavy atom. The predicted molar refractivity (Wildman–Crippen MR) is 103 cm³/mol. The van der Waals surface area contributed by atoms with Gasteiger partial charge in [-0.1, -0.05) is 0 Å². The van der Waals surface area contributed by atoms with E-state index in [0.717, 1.165) is 5.39 Å². The smallest absolute Gasteiger partial charge is 0.272 e. The number of likely N-dealkylation sites (tertiary alicyclic amines) is 1. The molecule has 3 aromatic rings. The van der Waals surface area contributed by atoms with Crippen LogP contribution in [0, 0.1) is 5.82 Å². The summed E-state index contributed by atoms with van der Waals surface area (Å²) in [5.41, 5.74) is 1.52. The molecule has 1 N–H and O–H groups in total. The van der Waals surface area contributed by atoms with Gasteiger partial charge in [-0.25, -0.2) is 9.37 Å². The van der Waals surface area contributed by atoms with Crippen molar-refractivity contribution in [2.75, 3.05) is 31.6 Å². The van der Waals surface area contributed by atoms with Gasteiger partial charge >= 0.3 is 0 Å². The summed E-state index contributed by atoms with van der Waals surface area (Å²) in [5, 5.41) is 3.90. The Labute approximate surface area is 166 Å². The fraction of sp³-hybridized carbons (Fsp3) is 0.333. The fourth-order valence-corrected chi connectivity index (χ4v) is 3.84. The quantitative estimate of drug-likeness (QED) is 0.726. The van der Waals surface area contributed by atoms with Crippen molar-refractivity contribution in [2.45, 2.75) is 18.6 Å². The highest BCUT2D eigenvalue weighted by Gasteiger charge is 2.41. The summed E-state index contributed by atoms with van der Waals surface area (Å²) in [5.74, 6) is -0.538. The SMILES string of the molecule is O=C(c1cc2occc2c(Nc2ccc(F)cc2)n1)N1CCC2(CC1)OCCO2. The number of furan rings is 1. The monoisotopic (exact) mass is 397 g/mol. The van der Waals surface area contributed by atoms with Crippen molar-refractivity contribution in [1.82, 2.24) is 9.88 Å². The summed E-state index contributed by atoms with van der Waals surface area (Å²) < 4.78 is 30.2. The van der Waals surface area contributed by atoms with Gasteiger partial charge in [0, 0.05) is 37.7 Å². The molecule has 150 valence electrons. The Morgan fingerprint density at radius 3 is 2.55 bits per heavy atom. The number of fused-ring (bicyclic) bond motifs is 1. The second kappa shape index (κ2) is 7.13. The van der Waals surface area contributed by atoms with Gasteiger partial charge in [0.25, 0.3) is 5.91 Å². The van der Waals surface area contributed by atoms with Gasteiger partial charge < -0.3 is 24.1 Å². The number of halogens is 1. The summed E-state index contributed by atoms with van der Waals surface area (Å²) in [4.78, 5) is 19.4. The lowest BCUT2D eigenvalue weighted by atomic mass is 10.0. The number of ether oxygens (including phenoxy) is 2. The van der Waals surface area contributed by atoms with Crippen molar-refractivity contribution in [1.29, 1.82) is 0 Å². The number of aromatic nitrogens is 1. The van der Waals surface area contributed by atoms with E-state index in [2.05, 4.69) is 10.3 Å². The van der Waals surface area contributed by atoms with Crippen LogP contribution in [0.5, 0.6) is 0 Å². The van der Waals surface area contributed by atoms with Gasteiger partial charge in [-0.3, -0.25) is 4.79 Å². The molecule has 0 radical (unpaired) electrons. The number of nitrogens with zero attached hydrogens (tertiary/aromatic N) is 2. The molecule has 1 spiro atoms. The number of hydrogen-bond donors (Lipinski definition) is 1. The van der Waals surface area contributed by atoms with Crippen LogP contribution >= 0.6 is 0 Å². The van der Waals surface area contributed by atoms with Gasteiger partial charge in [-0.15, -0.1) is 0 Å². The minimum atomic E-state index is -0.537. The van der Waals surface area contributed by atoms with Crippen LogP contribution in [0.2, 0.25) is 0 Å². The van der Waals surface area contributed by atoms with Crippen LogP contribution < -0.4 is 5.32 Å². The van der Waals surface area contributed by atoms with Crippen molar-refractivity contribution in [3.8, 4) is 0 Å². The normalized spacial score (nSPS) is 18.4. The third-order valence-electron chi connectivity index (χ3n) is 5.40. The molecular weight excluding hydrogens is 377 g/mol. The molecule has 2 aromatic heterocycles. The van der Waals surface area contributed by atoms with Crippen LogP contribution in [0.25, 0.3) is 11.0 Å². The molecule has 2 saturated heterocycles. The van der Waals surface area contributed by atoms with Gasteiger partial charge in [0.1, 0.15) is 22.9 Å². The lowest BCUT2D eigenvalue weighted by molar-refractivity contribution is -0.181.